The van der Waals surface area contributed by atoms with E-state index in [1.807, 2.05) is 13.0 Å². The molecule has 0 bridgehead atoms. The minimum absolute atomic E-state index is 0.112. The van der Waals surface area contributed by atoms with E-state index >= 15 is 0 Å². The number of hydrogen-bond acceptors (Lipinski definition) is 5. The highest BCUT2D eigenvalue weighted by atomic mass is 32.2. The van der Waals surface area contributed by atoms with Crippen LogP contribution in [0.3, 0.4) is 0 Å². The average Bonchev–Trinajstić information content (AvgIpc) is 2.67. The van der Waals surface area contributed by atoms with Gasteiger partial charge in [-0.15, -0.1) is 0 Å². The molecule has 2 heterocycles. The lowest BCUT2D eigenvalue weighted by molar-refractivity contribution is -0.127. The van der Waals surface area contributed by atoms with Gasteiger partial charge in [0.25, 0.3) is 0 Å². The minimum atomic E-state index is -3.63. The van der Waals surface area contributed by atoms with Crippen LogP contribution in [-0.4, -0.2) is 62.9 Å². The second-order valence-corrected chi connectivity index (χ2v) is 7.86. The predicted octanol–water partition coefficient (Wildman–Crippen LogP) is 1.42. The standard InChI is InChI=1S/C18H22N2O5S/c1-2-3-4-5-18(21)19-8-10-20(11-9-19)26(22,23)15-6-7-16-17(14-15)25-13-12-24-16/h2-7,14H,8-13H2,1H3/b3-2+,5-4+. The molecule has 0 aliphatic carbocycles. The topological polar surface area (TPSA) is 76.2 Å². The van der Waals surface area contributed by atoms with Gasteiger partial charge in [0.05, 0.1) is 4.90 Å². The zero-order valence-electron chi connectivity index (χ0n) is 14.6. The quantitative estimate of drug-likeness (QED) is 0.585. The van der Waals surface area contributed by atoms with Crippen molar-refractivity contribution in [1.82, 2.24) is 9.21 Å². The molecule has 1 aromatic rings. The molecule has 0 spiro atoms. The number of amides is 1. The van der Waals surface area contributed by atoms with Crippen LogP contribution in [0, 0.1) is 0 Å². The summed E-state index contributed by atoms with van der Waals surface area (Å²) in [5, 5.41) is 0. The number of sulfonamides is 1. The molecule has 0 saturated carbocycles. The molecule has 26 heavy (non-hydrogen) atoms. The monoisotopic (exact) mass is 378 g/mol. The van der Waals surface area contributed by atoms with E-state index in [9.17, 15) is 13.2 Å². The summed E-state index contributed by atoms with van der Waals surface area (Å²) in [4.78, 5) is 13.9. The second-order valence-electron chi connectivity index (χ2n) is 5.92. The number of hydrogen-bond donors (Lipinski definition) is 0. The molecule has 2 aliphatic rings. The van der Waals surface area contributed by atoms with Crippen molar-refractivity contribution in [2.75, 3.05) is 39.4 Å². The van der Waals surface area contributed by atoms with E-state index in [0.717, 1.165) is 0 Å². The van der Waals surface area contributed by atoms with Crippen molar-refractivity contribution in [1.29, 1.82) is 0 Å². The van der Waals surface area contributed by atoms with Crippen LogP contribution in [0.5, 0.6) is 11.5 Å². The number of allylic oxidation sites excluding steroid dienone is 3. The maximum Gasteiger partial charge on any atom is 0.246 e. The van der Waals surface area contributed by atoms with Crippen LogP contribution in [-0.2, 0) is 14.8 Å². The Morgan fingerprint density at radius 2 is 1.73 bits per heavy atom. The number of rotatable bonds is 4. The summed E-state index contributed by atoms with van der Waals surface area (Å²) in [6, 6.07) is 4.65. The molecule has 1 amide bonds. The van der Waals surface area contributed by atoms with Gasteiger partial charge in [-0.25, -0.2) is 8.42 Å². The van der Waals surface area contributed by atoms with Crippen LogP contribution in [0.1, 0.15) is 6.92 Å². The van der Waals surface area contributed by atoms with Gasteiger partial charge in [0.15, 0.2) is 11.5 Å². The number of ether oxygens (including phenoxy) is 2. The van der Waals surface area contributed by atoms with E-state index in [0.29, 0.717) is 37.8 Å². The Labute approximate surface area is 153 Å². The smallest absolute Gasteiger partial charge is 0.246 e. The third-order valence-corrected chi connectivity index (χ3v) is 6.14. The molecule has 3 rings (SSSR count). The van der Waals surface area contributed by atoms with Crippen molar-refractivity contribution in [3.05, 3.63) is 42.5 Å². The largest absolute Gasteiger partial charge is 0.486 e. The first-order valence-electron chi connectivity index (χ1n) is 8.50. The number of piperazine rings is 1. The summed E-state index contributed by atoms with van der Waals surface area (Å²) in [6.07, 6.45) is 6.79. The maximum atomic E-state index is 12.9. The molecule has 1 fully saturated rings. The molecule has 0 N–H and O–H groups in total. The first kappa shape index (κ1) is 18.5. The molecule has 0 radical (unpaired) electrons. The zero-order chi connectivity index (χ0) is 18.6. The molecule has 140 valence electrons. The van der Waals surface area contributed by atoms with Gasteiger partial charge in [0.1, 0.15) is 13.2 Å². The molecule has 1 saturated heterocycles. The van der Waals surface area contributed by atoms with Gasteiger partial charge in [-0.3, -0.25) is 4.79 Å². The van der Waals surface area contributed by atoms with Crippen molar-refractivity contribution in [2.24, 2.45) is 0 Å². The normalized spacial score (nSPS) is 18.6. The zero-order valence-corrected chi connectivity index (χ0v) is 15.4. The molecule has 0 aromatic heterocycles. The summed E-state index contributed by atoms with van der Waals surface area (Å²) < 4.78 is 38.0. The van der Waals surface area contributed by atoms with Crippen LogP contribution in [0.25, 0.3) is 0 Å². The van der Waals surface area contributed by atoms with Crippen LogP contribution < -0.4 is 9.47 Å². The van der Waals surface area contributed by atoms with Crippen LogP contribution >= 0.6 is 0 Å². The Morgan fingerprint density at radius 1 is 1.04 bits per heavy atom. The highest BCUT2D eigenvalue weighted by Crippen LogP contribution is 2.33. The number of fused-ring (bicyclic) bond motifs is 1. The first-order valence-corrected chi connectivity index (χ1v) is 9.94. The van der Waals surface area contributed by atoms with Gasteiger partial charge in [-0.05, 0) is 19.1 Å². The minimum Gasteiger partial charge on any atom is -0.486 e. The van der Waals surface area contributed by atoms with Gasteiger partial charge < -0.3 is 14.4 Å². The van der Waals surface area contributed by atoms with Gasteiger partial charge in [0.2, 0.25) is 15.9 Å². The molecular formula is C18H22N2O5S. The summed E-state index contributed by atoms with van der Waals surface area (Å²) in [5.74, 6) is 0.887. The van der Waals surface area contributed by atoms with E-state index in [4.69, 9.17) is 9.47 Å². The van der Waals surface area contributed by atoms with Crippen LogP contribution in [0.4, 0.5) is 0 Å². The molecule has 8 heteroatoms. The predicted molar refractivity (Wildman–Crippen MR) is 96.7 cm³/mol. The van der Waals surface area contributed by atoms with E-state index in [1.165, 1.54) is 22.5 Å². The Kier molecular flexibility index (Phi) is 5.63. The fourth-order valence-electron chi connectivity index (χ4n) is 2.84. The van der Waals surface area contributed by atoms with Crippen molar-refractivity contribution in [3.8, 4) is 11.5 Å². The molecule has 2 aliphatic heterocycles. The number of nitrogens with zero attached hydrogens (tertiary/aromatic N) is 2. The lowest BCUT2D eigenvalue weighted by Crippen LogP contribution is -2.50. The first-order chi connectivity index (χ1) is 12.5. The van der Waals surface area contributed by atoms with Crippen molar-refractivity contribution in [2.45, 2.75) is 11.8 Å². The fraction of sp³-hybridized carbons (Fsp3) is 0.389. The third-order valence-electron chi connectivity index (χ3n) is 4.24. The summed E-state index contributed by atoms with van der Waals surface area (Å²) >= 11 is 0. The van der Waals surface area contributed by atoms with Gasteiger partial charge in [-0.2, -0.15) is 4.31 Å². The highest BCUT2D eigenvalue weighted by Gasteiger charge is 2.30. The SMILES string of the molecule is C/C=C/C=C/C(=O)N1CCN(S(=O)(=O)c2ccc3c(c2)OCCO3)CC1. The third kappa shape index (κ3) is 3.91. The van der Waals surface area contributed by atoms with Gasteiger partial charge in [-0.1, -0.05) is 18.2 Å². The van der Waals surface area contributed by atoms with Crippen molar-refractivity contribution < 1.29 is 22.7 Å². The number of benzene rings is 1. The fourth-order valence-corrected chi connectivity index (χ4v) is 4.27. The second kappa shape index (κ2) is 7.92. The van der Waals surface area contributed by atoms with E-state index in [-0.39, 0.29) is 23.9 Å². The number of carbonyl (C=O) groups is 1. The molecule has 0 unspecified atom stereocenters. The maximum absolute atomic E-state index is 12.9. The lowest BCUT2D eigenvalue weighted by atomic mass is 10.3. The molecular weight excluding hydrogens is 356 g/mol. The summed E-state index contributed by atoms with van der Waals surface area (Å²) in [7, 11) is -3.63. The van der Waals surface area contributed by atoms with E-state index < -0.39 is 10.0 Å². The van der Waals surface area contributed by atoms with Crippen LogP contribution in [0.2, 0.25) is 0 Å². The van der Waals surface area contributed by atoms with E-state index in [2.05, 4.69) is 0 Å². The Balaban J connectivity index is 1.67. The molecule has 7 nitrogen and oxygen atoms in total. The highest BCUT2D eigenvalue weighted by molar-refractivity contribution is 7.89. The Hall–Kier alpha value is -2.32. The summed E-state index contributed by atoms with van der Waals surface area (Å²) in [6.45, 7) is 3.98. The van der Waals surface area contributed by atoms with E-state index in [1.54, 1.807) is 23.1 Å². The van der Waals surface area contributed by atoms with Crippen molar-refractivity contribution in [3.63, 3.8) is 0 Å². The summed E-state index contributed by atoms with van der Waals surface area (Å²) in [5.41, 5.74) is 0. The molecule has 1 aromatic carbocycles. The van der Waals surface area contributed by atoms with Gasteiger partial charge in [0, 0.05) is 38.3 Å². The van der Waals surface area contributed by atoms with Gasteiger partial charge >= 0.3 is 0 Å². The number of carbonyl (C=O) groups excluding carboxylic acids is 1. The Morgan fingerprint density at radius 3 is 2.42 bits per heavy atom. The average molecular weight is 378 g/mol. The molecule has 0 atom stereocenters. The Bertz CT molecular complexity index is 824. The van der Waals surface area contributed by atoms with Crippen molar-refractivity contribution >= 4 is 15.9 Å². The lowest BCUT2D eigenvalue weighted by Gasteiger charge is -2.33. The van der Waals surface area contributed by atoms with Crippen LogP contribution in [0.15, 0.2) is 47.4 Å².